The molecule has 31 heavy (non-hydrogen) atoms. The van der Waals surface area contributed by atoms with Crippen molar-refractivity contribution in [2.75, 3.05) is 25.0 Å². The highest BCUT2D eigenvalue weighted by Crippen LogP contribution is 2.22. The van der Waals surface area contributed by atoms with Crippen molar-refractivity contribution in [3.8, 4) is 5.75 Å². The zero-order chi connectivity index (χ0) is 21.3. The minimum absolute atomic E-state index is 0.131. The molecule has 0 unspecified atom stereocenters. The maximum Gasteiger partial charge on any atom is 0.323 e. The molecule has 1 aromatic heterocycles. The molecule has 1 N–H and O–H groups in total. The topological polar surface area (TPSA) is 67.4 Å². The summed E-state index contributed by atoms with van der Waals surface area (Å²) in [7, 11) is 0. The standard InChI is InChI=1S/C25H26N4O2/c30-25(27-24-10-5-14-26-28-24)29-15-11-21(12-16-29)18-22-8-4-9-23(19-22)31-17-13-20-6-2-1-3-7-20/h1-10,14,18-19H,11-13,15-17H2,(H,27,28,30). The highest BCUT2D eigenvalue weighted by Gasteiger charge is 2.19. The van der Waals surface area contributed by atoms with Crippen molar-refractivity contribution >= 4 is 17.9 Å². The summed E-state index contributed by atoms with van der Waals surface area (Å²) in [5, 5.41) is 10.5. The molecule has 0 saturated carbocycles. The van der Waals surface area contributed by atoms with E-state index in [-0.39, 0.29) is 6.03 Å². The van der Waals surface area contributed by atoms with Crippen molar-refractivity contribution < 1.29 is 9.53 Å². The van der Waals surface area contributed by atoms with Gasteiger partial charge < -0.3 is 9.64 Å². The van der Waals surface area contributed by atoms with Gasteiger partial charge in [0.1, 0.15) is 5.75 Å². The predicted octanol–water partition coefficient (Wildman–Crippen LogP) is 4.81. The van der Waals surface area contributed by atoms with Gasteiger partial charge >= 0.3 is 6.03 Å². The first kappa shape index (κ1) is 20.6. The molecule has 3 aromatic rings. The summed E-state index contributed by atoms with van der Waals surface area (Å²) in [6.45, 7) is 2.02. The zero-order valence-electron chi connectivity index (χ0n) is 17.4. The van der Waals surface area contributed by atoms with Gasteiger partial charge in [0.2, 0.25) is 0 Å². The average molecular weight is 415 g/mol. The van der Waals surface area contributed by atoms with Crippen molar-refractivity contribution in [1.82, 2.24) is 15.1 Å². The van der Waals surface area contributed by atoms with E-state index in [9.17, 15) is 4.79 Å². The predicted molar refractivity (Wildman–Crippen MR) is 122 cm³/mol. The molecule has 6 nitrogen and oxygen atoms in total. The first-order valence-corrected chi connectivity index (χ1v) is 10.6. The quantitative estimate of drug-likeness (QED) is 0.629. The molecule has 0 radical (unpaired) electrons. The van der Waals surface area contributed by atoms with Gasteiger partial charge in [0.25, 0.3) is 0 Å². The number of carbonyl (C=O) groups is 1. The lowest BCUT2D eigenvalue weighted by Crippen LogP contribution is -2.39. The second-order valence-corrected chi connectivity index (χ2v) is 7.49. The Morgan fingerprint density at radius 1 is 1.03 bits per heavy atom. The smallest absolute Gasteiger partial charge is 0.323 e. The summed E-state index contributed by atoms with van der Waals surface area (Å²) in [6.07, 6.45) is 6.39. The number of hydrogen-bond acceptors (Lipinski definition) is 4. The van der Waals surface area contributed by atoms with Crippen LogP contribution in [-0.2, 0) is 6.42 Å². The average Bonchev–Trinajstić information content (AvgIpc) is 2.81. The van der Waals surface area contributed by atoms with E-state index >= 15 is 0 Å². The molecule has 0 spiro atoms. The van der Waals surface area contributed by atoms with Crippen molar-refractivity contribution in [3.05, 3.63) is 89.6 Å². The fraction of sp³-hybridized carbons (Fsp3) is 0.240. The first-order chi connectivity index (χ1) is 15.3. The minimum atomic E-state index is -0.131. The molecule has 2 amide bonds. The molecule has 1 aliphatic rings. The lowest BCUT2D eigenvalue weighted by Gasteiger charge is -2.28. The lowest BCUT2D eigenvalue weighted by molar-refractivity contribution is 0.207. The Balaban J connectivity index is 1.27. The summed E-state index contributed by atoms with van der Waals surface area (Å²) in [5.74, 6) is 1.35. The number of hydrogen-bond donors (Lipinski definition) is 1. The molecule has 0 bridgehead atoms. The number of anilines is 1. The summed E-state index contributed by atoms with van der Waals surface area (Å²) in [6, 6.07) is 21.9. The van der Waals surface area contributed by atoms with Gasteiger partial charge in [-0.05, 0) is 48.2 Å². The molecule has 0 aliphatic carbocycles. The van der Waals surface area contributed by atoms with Crippen LogP contribution in [0.25, 0.3) is 6.08 Å². The lowest BCUT2D eigenvalue weighted by atomic mass is 10.0. The number of nitrogens with zero attached hydrogens (tertiary/aromatic N) is 3. The van der Waals surface area contributed by atoms with Gasteiger partial charge in [0.15, 0.2) is 5.82 Å². The van der Waals surface area contributed by atoms with Crippen LogP contribution in [-0.4, -0.2) is 40.8 Å². The number of nitrogens with one attached hydrogen (secondary N) is 1. The van der Waals surface area contributed by atoms with Crippen molar-refractivity contribution in [2.45, 2.75) is 19.3 Å². The second kappa shape index (κ2) is 10.4. The Morgan fingerprint density at radius 2 is 1.87 bits per heavy atom. The van der Waals surface area contributed by atoms with E-state index in [2.05, 4.69) is 45.9 Å². The molecule has 6 heteroatoms. The maximum absolute atomic E-state index is 12.4. The van der Waals surface area contributed by atoms with E-state index in [0.29, 0.717) is 25.5 Å². The van der Waals surface area contributed by atoms with Crippen LogP contribution in [0.4, 0.5) is 10.6 Å². The number of benzene rings is 2. The van der Waals surface area contributed by atoms with E-state index in [1.807, 2.05) is 35.2 Å². The Labute approximate surface area is 182 Å². The third-order valence-electron chi connectivity index (χ3n) is 5.23. The number of carbonyl (C=O) groups excluding carboxylic acids is 1. The number of aromatic nitrogens is 2. The first-order valence-electron chi connectivity index (χ1n) is 10.6. The van der Waals surface area contributed by atoms with E-state index in [0.717, 1.165) is 30.6 Å². The van der Waals surface area contributed by atoms with Crippen LogP contribution in [0.15, 0.2) is 78.5 Å². The van der Waals surface area contributed by atoms with Gasteiger partial charge in [-0.3, -0.25) is 5.32 Å². The molecule has 1 aliphatic heterocycles. The Hall–Kier alpha value is -3.67. The Kier molecular flexibility index (Phi) is 6.90. The largest absolute Gasteiger partial charge is 0.493 e. The number of amides is 2. The van der Waals surface area contributed by atoms with Crippen molar-refractivity contribution in [1.29, 1.82) is 0 Å². The molecular weight excluding hydrogens is 388 g/mol. The number of likely N-dealkylation sites (tertiary alicyclic amines) is 1. The highest BCUT2D eigenvalue weighted by molar-refractivity contribution is 5.88. The number of ether oxygens (including phenoxy) is 1. The summed E-state index contributed by atoms with van der Waals surface area (Å²) in [5.41, 5.74) is 3.74. The number of rotatable bonds is 6. The van der Waals surface area contributed by atoms with Gasteiger partial charge in [-0.25, -0.2) is 4.79 Å². The summed E-state index contributed by atoms with van der Waals surface area (Å²) < 4.78 is 5.94. The third kappa shape index (κ3) is 6.15. The van der Waals surface area contributed by atoms with Gasteiger partial charge in [-0.2, -0.15) is 5.10 Å². The van der Waals surface area contributed by atoms with Crippen LogP contribution in [0, 0.1) is 0 Å². The number of urea groups is 1. The fourth-order valence-corrected chi connectivity index (χ4v) is 3.56. The molecule has 158 valence electrons. The maximum atomic E-state index is 12.4. The van der Waals surface area contributed by atoms with E-state index in [1.54, 1.807) is 18.3 Å². The summed E-state index contributed by atoms with van der Waals surface area (Å²) in [4.78, 5) is 14.2. The van der Waals surface area contributed by atoms with Crippen LogP contribution in [0.2, 0.25) is 0 Å². The minimum Gasteiger partial charge on any atom is -0.493 e. The van der Waals surface area contributed by atoms with Crippen LogP contribution in [0.1, 0.15) is 24.0 Å². The Bertz CT molecular complexity index is 1010. The van der Waals surface area contributed by atoms with Crippen LogP contribution in [0.3, 0.4) is 0 Å². The Morgan fingerprint density at radius 3 is 2.65 bits per heavy atom. The molecular formula is C25H26N4O2. The molecule has 0 atom stereocenters. The van der Waals surface area contributed by atoms with E-state index in [4.69, 9.17) is 4.74 Å². The van der Waals surface area contributed by atoms with Gasteiger partial charge in [0.05, 0.1) is 6.61 Å². The normalized spacial score (nSPS) is 13.5. The van der Waals surface area contributed by atoms with Crippen molar-refractivity contribution in [3.63, 3.8) is 0 Å². The van der Waals surface area contributed by atoms with E-state index < -0.39 is 0 Å². The zero-order valence-corrected chi connectivity index (χ0v) is 17.4. The number of piperidine rings is 1. The highest BCUT2D eigenvalue weighted by atomic mass is 16.5. The monoisotopic (exact) mass is 414 g/mol. The molecule has 2 aromatic carbocycles. The SMILES string of the molecule is O=C(Nc1cccnn1)N1CCC(=Cc2cccc(OCCc3ccccc3)c2)CC1. The van der Waals surface area contributed by atoms with Crippen LogP contribution < -0.4 is 10.1 Å². The fourth-order valence-electron chi connectivity index (χ4n) is 3.56. The molecule has 1 fully saturated rings. The van der Waals surface area contributed by atoms with Crippen LogP contribution >= 0.6 is 0 Å². The molecule has 4 rings (SSSR count). The van der Waals surface area contributed by atoms with Crippen molar-refractivity contribution in [2.24, 2.45) is 0 Å². The van der Waals surface area contributed by atoms with Gasteiger partial charge in [0, 0.05) is 25.7 Å². The molecule has 2 heterocycles. The van der Waals surface area contributed by atoms with E-state index in [1.165, 1.54) is 11.1 Å². The van der Waals surface area contributed by atoms with Crippen LogP contribution in [0.5, 0.6) is 5.75 Å². The van der Waals surface area contributed by atoms with Gasteiger partial charge in [-0.1, -0.05) is 54.1 Å². The second-order valence-electron chi connectivity index (χ2n) is 7.49. The van der Waals surface area contributed by atoms with Gasteiger partial charge in [-0.15, -0.1) is 5.10 Å². The molecule has 1 saturated heterocycles. The summed E-state index contributed by atoms with van der Waals surface area (Å²) >= 11 is 0. The third-order valence-corrected chi connectivity index (χ3v) is 5.23.